The van der Waals surface area contributed by atoms with Gasteiger partial charge in [0.15, 0.2) is 5.82 Å². The van der Waals surface area contributed by atoms with Gasteiger partial charge >= 0.3 is 0 Å². The zero-order chi connectivity index (χ0) is 18.1. The highest BCUT2D eigenvalue weighted by molar-refractivity contribution is 5.95. The number of nitrogens with one attached hydrogen (secondary N) is 3. The van der Waals surface area contributed by atoms with Gasteiger partial charge in [-0.25, -0.2) is 9.97 Å². The molecule has 0 saturated carbocycles. The molecular weight excluding hydrogens is 326 g/mol. The summed E-state index contributed by atoms with van der Waals surface area (Å²) < 4.78 is 0. The molecule has 3 heterocycles. The average molecular weight is 347 g/mol. The number of benzene rings is 1. The molecule has 0 saturated heterocycles. The maximum atomic E-state index is 4.62. The second kappa shape index (κ2) is 6.59. The van der Waals surface area contributed by atoms with Crippen molar-refractivity contribution >= 4 is 16.7 Å². The van der Waals surface area contributed by atoms with E-state index in [0.29, 0.717) is 11.7 Å². The Morgan fingerprint density at radius 3 is 2.73 bits per heavy atom. The Morgan fingerprint density at radius 2 is 1.92 bits per heavy atom. The van der Waals surface area contributed by atoms with E-state index in [0.717, 1.165) is 45.8 Å². The number of fused-ring (bicyclic) bond motifs is 1. The zero-order valence-corrected chi connectivity index (χ0v) is 15.0. The molecule has 26 heavy (non-hydrogen) atoms. The third-order valence-corrected chi connectivity index (χ3v) is 4.24. The summed E-state index contributed by atoms with van der Waals surface area (Å²) >= 11 is 0. The van der Waals surface area contributed by atoms with Crippen molar-refractivity contribution in [2.24, 2.45) is 5.92 Å². The number of rotatable bonds is 5. The van der Waals surface area contributed by atoms with Crippen molar-refractivity contribution < 1.29 is 0 Å². The summed E-state index contributed by atoms with van der Waals surface area (Å²) in [6, 6.07) is 10.0. The number of nitrogens with zero attached hydrogens (tertiary/aromatic N) is 4. The highest BCUT2D eigenvalue weighted by atomic mass is 15.2. The number of anilines is 1. The monoisotopic (exact) mass is 347 g/mol. The lowest BCUT2D eigenvalue weighted by molar-refractivity contribution is 0.622. The molecule has 0 aliphatic rings. The molecule has 7 nitrogen and oxygen atoms in total. The molecule has 0 aliphatic heterocycles. The van der Waals surface area contributed by atoms with Gasteiger partial charge in [0, 0.05) is 36.2 Å². The highest BCUT2D eigenvalue weighted by Gasteiger charge is 2.13. The summed E-state index contributed by atoms with van der Waals surface area (Å²) in [7, 11) is 1.85. The molecule has 0 fully saturated rings. The number of aromatic nitrogens is 6. The van der Waals surface area contributed by atoms with Crippen LogP contribution >= 0.6 is 0 Å². The predicted molar refractivity (Wildman–Crippen MR) is 103 cm³/mol. The first kappa shape index (κ1) is 16.3. The third-order valence-electron chi connectivity index (χ3n) is 4.24. The van der Waals surface area contributed by atoms with E-state index in [2.05, 4.69) is 55.6 Å². The van der Waals surface area contributed by atoms with Crippen LogP contribution in [0.2, 0.25) is 0 Å². The maximum Gasteiger partial charge on any atom is 0.181 e. The van der Waals surface area contributed by atoms with Gasteiger partial charge in [-0.3, -0.25) is 10.2 Å². The van der Waals surface area contributed by atoms with Gasteiger partial charge in [-0.1, -0.05) is 13.8 Å². The lowest BCUT2D eigenvalue weighted by Crippen LogP contribution is -1.95. The second-order valence-corrected chi connectivity index (χ2v) is 6.72. The van der Waals surface area contributed by atoms with Gasteiger partial charge in [-0.2, -0.15) is 10.2 Å². The first-order valence-corrected chi connectivity index (χ1v) is 8.68. The summed E-state index contributed by atoms with van der Waals surface area (Å²) in [4.78, 5) is 8.89. The van der Waals surface area contributed by atoms with Crippen LogP contribution in [0.5, 0.6) is 0 Å². The first-order valence-electron chi connectivity index (χ1n) is 8.68. The Hall–Kier alpha value is -3.22. The summed E-state index contributed by atoms with van der Waals surface area (Å²) in [5.74, 6) is 2.96. The second-order valence-electron chi connectivity index (χ2n) is 6.72. The first-order chi connectivity index (χ1) is 12.6. The number of hydrogen-bond donors (Lipinski definition) is 3. The molecular formula is C19H21N7. The Balaban J connectivity index is 1.76. The van der Waals surface area contributed by atoms with Crippen LogP contribution in [0.25, 0.3) is 33.5 Å². The molecule has 0 radical (unpaired) electrons. The predicted octanol–water partition coefficient (Wildman–Crippen LogP) is 3.65. The van der Waals surface area contributed by atoms with Crippen molar-refractivity contribution in [3.05, 3.63) is 42.4 Å². The maximum absolute atomic E-state index is 4.62. The normalized spacial score (nSPS) is 11.4. The molecule has 4 aromatic rings. The van der Waals surface area contributed by atoms with Gasteiger partial charge in [0.1, 0.15) is 17.3 Å². The summed E-state index contributed by atoms with van der Waals surface area (Å²) in [6.45, 7) is 4.33. The van der Waals surface area contributed by atoms with Crippen LogP contribution in [0, 0.1) is 5.92 Å². The Kier molecular flexibility index (Phi) is 4.12. The van der Waals surface area contributed by atoms with Crippen molar-refractivity contribution in [1.29, 1.82) is 0 Å². The van der Waals surface area contributed by atoms with Crippen molar-refractivity contribution in [3.63, 3.8) is 0 Å². The van der Waals surface area contributed by atoms with Crippen LogP contribution in [-0.4, -0.2) is 37.4 Å². The number of hydrogen-bond acceptors (Lipinski definition) is 5. The minimum atomic E-state index is 0.534. The highest BCUT2D eigenvalue weighted by Crippen LogP contribution is 2.30. The van der Waals surface area contributed by atoms with Crippen LogP contribution in [0.4, 0.5) is 5.82 Å². The Bertz CT molecular complexity index is 1040. The summed E-state index contributed by atoms with van der Waals surface area (Å²) in [5, 5.41) is 19.1. The van der Waals surface area contributed by atoms with Crippen molar-refractivity contribution in [3.8, 4) is 22.6 Å². The van der Waals surface area contributed by atoms with Gasteiger partial charge in [-0.05, 0) is 36.2 Å². The van der Waals surface area contributed by atoms with E-state index in [1.807, 2.05) is 31.3 Å². The smallest absolute Gasteiger partial charge is 0.181 e. The Morgan fingerprint density at radius 1 is 1.04 bits per heavy atom. The molecule has 0 unspecified atom stereocenters. The van der Waals surface area contributed by atoms with E-state index in [1.54, 1.807) is 6.20 Å². The summed E-state index contributed by atoms with van der Waals surface area (Å²) in [5.41, 5.74) is 3.83. The molecule has 1 aromatic carbocycles. The van der Waals surface area contributed by atoms with Crippen LogP contribution in [0.3, 0.4) is 0 Å². The fraction of sp³-hybridized carbons (Fsp3) is 0.263. The topological polar surface area (TPSA) is 95.2 Å². The number of pyridine rings is 1. The minimum absolute atomic E-state index is 0.534. The average Bonchev–Trinajstić information content (AvgIpc) is 3.27. The van der Waals surface area contributed by atoms with Crippen LogP contribution in [0.15, 0.2) is 36.5 Å². The molecule has 132 valence electrons. The van der Waals surface area contributed by atoms with Crippen LogP contribution < -0.4 is 5.32 Å². The van der Waals surface area contributed by atoms with E-state index in [1.165, 1.54) is 0 Å². The lowest BCUT2D eigenvalue weighted by atomic mass is 10.1. The zero-order valence-electron chi connectivity index (χ0n) is 15.0. The molecule has 0 aliphatic carbocycles. The number of aromatic amines is 2. The quantitative estimate of drug-likeness (QED) is 0.512. The molecule has 0 spiro atoms. The SMILES string of the molecule is CNc1cc(-c2n[nH]c3ccc(-c4n[nH]c(CC(C)C)n4)cc23)ccn1. The van der Waals surface area contributed by atoms with E-state index in [9.17, 15) is 0 Å². The molecule has 3 N–H and O–H groups in total. The molecule has 0 amide bonds. The van der Waals surface area contributed by atoms with Crippen molar-refractivity contribution in [1.82, 2.24) is 30.4 Å². The van der Waals surface area contributed by atoms with E-state index in [-0.39, 0.29) is 0 Å². The van der Waals surface area contributed by atoms with E-state index < -0.39 is 0 Å². The largest absolute Gasteiger partial charge is 0.373 e. The fourth-order valence-corrected chi connectivity index (χ4v) is 2.99. The van der Waals surface area contributed by atoms with Crippen LogP contribution in [-0.2, 0) is 6.42 Å². The minimum Gasteiger partial charge on any atom is -0.373 e. The molecule has 0 atom stereocenters. The fourth-order valence-electron chi connectivity index (χ4n) is 2.99. The van der Waals surface area contributed by atoms with E-state index in [4.69, 9.17) is 0 Å². The van der Waals surface area contributed by atoms with Gasteiger partial charge in [0.05, 0.1) is 5.52 Å². The standard InChI is InChI=1S/C19H21N7/c1-11(2)8-17-22-19(26-24-17)13-4-5-15-14(9-13)18(25-23-15)12-6-7-21-16(10-12)20-3/h4-7,9-11H,8H2,1-3H3,(H,20,21)(H,23,25)(H,22,24,26). The molecule has 4 rings (SSSR count). The van der Waals surface area contributed by atoms with Gasteiger partial charge in [-0.15, -0.1) is 0 Å². The summed E-state index contributed by atoms with van der Waals surface area (Å²) in [6.07, 6.45) is 2.66. The lowest BCUT2D eigenvalue weighted by Gasteiger charge is -2.02. The van der Waals surface area contributed by atoms with Gasteiger partial charge in [0.2, 0.25) is 0 Å². The molecule has 0 bridgehead atoms. The number of H-pyrrole nitrogens is 2. The molecule has 3 aromatic heterocycles. The van der Waals surface area contributed by atoms with Crippen molar-refractivity contribution in [2.75, 3.05) is 12.4 Å². The van der Waals surface area contributed by atoms with Gasteiger partial charge in [0.25, 0.3) is 0 Å². The van der Waals surface area contributed by atoms with Gasteiger partial charge < -0.3 is 5.32 Å². The van der Waals surface area contributed by atoms with Crippen LogP contribution in [0.1, 0.15) is 19.7 Å². The molecule has 7 heteroatoms. The van der Waals surface area contributed by atoms with Crippen molar-refractivity contribution in [2.45, 2.75) is 20.3 Å². The Labute approximate surface area is 151 Å². The van der Waals surface area contributed by atoms with E-state index >= 15 is 0 Å². The third kappa shape index (κ3) is 3.03.